The molecule has 0 aliphatic rings. The van der Waals surface area contributed by atoms with Gasteiger partial charge in [-0.25, -0.2) is 9.47 Å². The fraction of sp³-hybridized carbons (Fsp3) is 0.105. The summed E-state index contributed by atoms with van der Waals surface area (Å²) in [4.78, 5) is 10.9. The van der Waals surface area contributed by atoms with Gasteiger partial charge >= 0.3 is 5.97 Å². The molecule has 3 N–H and O–H groups in total. The normalized spacial score (nSPS) is 11.1. The molecule has 0 spiro atoms. The summed E-state index contributed by atoms with van der Waals surface area (Å²) in [7, 11) is 0. The standard InChI is InChI=1S/C19H16N4O3S/c20-23-17(10-13-6-3-5-12-4-1-2-7-15(12)13)21-22-19(23)27-11-14-8-9-16(26-14)18(24)25/h1-9H,10-11,20H2,(H,24,25). The van der Waals surface area contributed by atoms with Gasteiger partial charge in [0.1, 0.15) is 5.76 Å². The van der Waals surface area contributed by atoms with E-state index in [0.717, 1.165) is 10.9 Å². The predicted molar refractivity (Wildman–Crippen MR) is 102 cm³/mol. The molecule has 4 rings (SSSR count). The maximum atomic E-state index is 10.9. The number of nitrogens with zero attached hydrogens (tertiary/aromatic N) is 3. The Morgan fingerprint density at radius 3 is 2.74 bits per heavy atom. The van der Waals surface area contributed by atoms with Crippen LogP contribution in [0.1, 0.15) is 27.7 Å². The Labute approximate surface area is 158 Å². The van der Waals surface area contributed by atoms with Crippen LogP contribution in [0.25, 0.3) is 10.8 Å². The average Bonchev–Trinajstić information content (AvgIpc) is 3.28. The van der Waals surface area contributed by atoms with E-state index >= 15 is 0 Å². The monoisotopic (exact) mass is 380 g/mol. The van der Waals surface area contributed by atoms with E-state index in [1.165, 1.54) is 27.9 Å². The highest BCUT2D eigenvalue weighted by atomic mass is 32.2. The molecule has 0 aliphatic carbocycles. The van der Waals surface area contributed by atoms with Crippen molar-refractivity contribution in [3.63, 3.8) is 0 Å². The molecule has 0 aliphatic heterocycles. The lowest BCUT2D eigenvalue weighted by Crippen LogP contribution is -2.14. The Balaban J connectivity index is 1.50. The van der Waals surface area contributed by atoms with Gasteiger partial charge in [-0.1, -0.05) is 54.2 Å². The average molecular weight is 380 g/mol. The van der Waals surface area contributed by atoms with E-state index in [0.29, 0.717) is 28.9 Å². The minimum absolute atomic E-state index is 0.0866. The quantitative estimate of drug-likeness (QED) is 0.390. The molecule has 136 valence electrons. The number of benzene rings is 2. The fourth-order valence-corrected chi connectivity index (χ4v) is 3.62. The largest absolute Gasteiger partial charge is 0.475 e. The van der Waals surface area contributed by atoms with E-state index < -0.39 is 5.97 Å². The van der Waals surface area contributed by atoms with Crippen LogP contribution >= 0.6 is 11.8 Å². The van der Waals surface area contributed by atoms with Gasteiger partial charge in [-0.2, -0.15) is 0 Å². The highest BCUT2D eigenvalue weighted by molar-refractivity contribution is 7.98. The first-order valence-corrected chi connectivity index (χ1v) is 9.21. The number of carboxylic acid groups (broad SMARTS) is 1. The molecule has 0 bridgehead atoms. The molecule has 8 heteroatoms. The SMILES string of the molecule is Nn1c(Cc2cccc3ccccc23)nnc1SCc1ccc(C(=O)O)o1. The number of nitrogens with two attached hydrogens (primary N) is 1. The highest BCUT2D eigenvalue weighted by Crippen LogP contribution is 2.24. The van der Waals surface area contributed by atoms with Crippen LogP contribution in [-0.4, -0.2) is 25.9 Å². The first-order chi connectivity index (χ1) is 13.1. The summed E-state index contributed by atoms with van der Waals surface area (Å²) in [5.41, 5.74) is 1.13. The second kappa shape index (κ2) is 7.16. The van der Waals surface area contributed by atoms with Crippen LogP contribution in [0.4, 0.5) is 0 Å². The molecule has 0 amide bonds. The zero-order chi connectivity index (χ0) is 18.8. The van der Waals surface area contributed by atoms with Crippen LogP contribution in [0, 0.1) is 0 Å². The van der Waals surface area contributed by atoms with Crippen molar-refractivity contribution in [3.05, 3.63) is 77.5 Å². The molecule has 2 aromatic heterocycles. The second-order valence-electron chi connectivity index (χ2n) is 5.94. The molecule has 2 aromatic carbocycles. The van der Waals surface area contributed by atoms with Crippen molar-refractivity contribution < 1.29 is 14.3 Å². The number of carbonyl (C=O) groups is 1. The third kappa shape index (κ3) is 3.52. The van der Waals surface area contributed by atoms with Gasteiger partial charge in [0.05, 0.1) is 5.75 Å². The molecule has 0 radical (unpaired) electrons. The zero-order valence-electron chi connectivity index (χ0n) is 14.2. The van der Waals surface area contributed by atoms with Crippen LogP contribution in [0.5, 0.6) is 0 Å². The molecule has 27 heavy (non-hydrogen) atoms. The minimum Gasteiger partial charge on any atom is -0.475 e. The molecule has 0 saturated carbocycles. The number of nitrogen functional groups attached to an aromatic ring is 1. The van der Waals surface area contributed by atoms with Crippen molar-refractivity contribution in [1.82, 2.24) is 14.9 Å². The van der Waals surface area contributed by atoms with Crippen LogP contribution < -0.4 is 5.84 Å². The Morgan fingerprint density at radius 2 is 1.93 bits per heavy atom. The topological polar surface area (TPSA) is 107 Å². The summed E-state index contributed by atoms with van der Waals surface area (Å²) in [5.74, 6) is 6.58. The van der Waals surface area contributed by atoms with Crippen LogP contribution in [-0.2, 0) is 12.2 Å². The summed E-state index contributed by atoms with van der Waals surface area (Å²) >= 11 is 1.34. The summed E-state index contributed by atoms with van der Waals surface area (Å²) in [6, 6.07) is 17.4. The summed E-state index contributed by atoms with van der Waals surface area (Å²) in [6.07, 6.45) is 0.565. The first kappa shape index (κ1) is 17.2. The van der Waals surface area contributed by atoms with E-state index in [-0.39, 0.29) is 5.76 Å². The number of aromatic carboxylic acids is 1. The predicted octanol–water partition coefficient (Wildman–Crippen LogP) is 3.32. The third-order valence-electron chi connectivity index (χ3n) is 4.18. The second-order valence-corrected chi connectivity index (χ2v) is 6.89. The lowest BCUT2D eigenvalue weighted by atomic mass is 10.0. The smallest absolute Gasteiger partial charge is 0.371 e. The van der Waals surface area contributed by atoms with E-state index in [1.807, 2.05) is 18.2 Å². The molecule has 0 saturated heterocycles. The molecule has 7 nitrogen and oxygen atoms in total. The maximum absolute atomic E-state index is 10.9. The Kier molecular flexibility index (Phi) is 4.55. The van der Waals surface area contributed by atoms with Gasteiger partial charge in [-0.15, -0.1) is 10.2 Å². The van der Waals surface area contributed by atoms with E-state index in [1.54, 1.807) is 6.07 Å². The number of hydrogen-bond acceptors (Lipinski definition) is 6. The van der Waals surface area contributed by atoms with Crippen molar-refractivity contribution in [1.29, 1.82) is 0 Å². The highest BCUT2D eigenvalue weighted by Gasteiger charge is 2.14. The Bertz CT molecular complexity index is 1110. The molecular weight excluding hydrogens is 364 g/mol. The van der Waals surface area contributed by atoms with Gasteiger partial charge in [0.25, 0.3) is 0 Å². The van der Waals surface area contributed by atoms with Crippen LogP contribution in [0.3, 0.4) is 0 Å². The van der Waals surface area contributed by atoms with Gasteiger partial charge in [-0.3, -0.25) is 0 Å². The summed E-state index contributed by atoms with van der Waals surface area (Å²) in [6.45, 7) is 0. The van der Waals surface area contributed by atoms with Gasteiger partial charge < -0.3 is 15.4 Å². The van der Waals surface area contributed by atoms with Crippen LogP contribution in [0.15, 0.2) is 64.2 Å². The summed E-state index contributed by atoms with van der Waals surface area (Å²) in [5, 5.41) is 20.1. The van der Waals surface area contributed by atoms with Gasteiger partial charge in [-0.05, 0) is 28.5 Å². The van der Waals surface area contributed by atoms with E-state index in [2.05, 4.69) is 34.5 Å². The number of thioether (sulfide) groups is 1. The number of furan rings is 1. The van der Waals surface area contributed by atoms with E-state index in [9.17, 15) is 4.79 Å². The van der Waals surface area contributed by atoms with E-state index in [4.69, 9.17) is 15.4 Å². The number of rotatable bonds is 6. The van der Waals surface area contributed by atoms with Gasteiger partial charge in [0, 0.05) is 6.42 Å². The minimum atomic E-state index is -1.09. The molecule has 0 fully saturated rings. The zero-order valence-corrected chi connectivity index (χ0v) is 15.0. The summed E-state index contributed by atoms with van der Waals surface area (Å²) < 4.78 is 6.70. The molecule has 0 atom stereocenters. The van der Waals surface area contributed by atoms with Crippen molar-refractivity contribution >= 4 is 28.5 Å². The Morgan fingerprint density at radius 1 is 1.11 bits per heavy atom. The van der Waals surface area contributed by atoms with Crippen LogP contribution in [0.2, 0.25) is 0 Å². The first-order valence-electron chi connectivity index (χ1n) is 8.22. The maximum Gasteiger partial charge on any atom is 0.371 e. The van der Waals surface area contributed by atoms with Gasteiger partial charge in [0.2, 0.25) is 10.9 Å². The number of hydrogen-bond donors (Lipinski definition) is 2. The lowest BCUT2D eigenvalue weighted by Gasteiger charge is -2.06. The molecular formula is C19H16N4O3S. The van der Waals surface area contributed by atoms with Gasteiger partial charge in [0.15, 0.2) is 5.82 Å². The lowest BCUT2D eigenvalue weighted by molar-refractivity contribution is 0.0661. The van der Waals surface area contributed by atoms with Crippen molar-refractivity contribution in [2.24, 2.45) is 0 Å². The molecule has 2 heterocycles. The third-order valence-corrected chi connectivity index (χ3v) is 5.15. The fourth-order valence-electron chi connectivity index (χ4n) is 2.85. The van der Waals surface area contributed by atoms with Crippen molar-refractivity contribution in [3.8, 4) is 0 Å². The van der Waals surface area contributed by atoms with Crippen molar-refractivity contribution in [2.75, 3.05) is 5.84 Å². The molecule has 0 unspecified atom stereocenters. The van der Waals surface area contributed by atoms with Crippen molar-refractivity contribution in [2.45, 2.75) is 17.3 Å². The molecule has 4 aromatic rings. The number of carboxylic acids is 1. The number of fused-ring (bicyclic) bond motifs is 1. The Hall–Kier alpha value is -3.26. The number of aromatic nitrogens is 3.